The van der Waals surface area contributed by atoms with Gasteiger partial charge in [0.05, 0.1) is 0 Å². The number of benzene rings is 1. The van der Waals surface area contributed by atoms with Gasteiger partial charge in [0.1, 0.15) is 0 Å². The lowest BCUT2D eigenvalue weighted by molar-refractivity contribution is 0.447. The monoisotopic (exact) mass is 358 g/mol. The third-order valence-electron chi connectivity index (χ3n) is 4.17. The highest BCUT2D eigenvalue weighted by Gasteiger charge is 2.26. The first kappa shape index (κ1) is 17.3. The predicted octanol–water partition coefficient (Wildman–Crippen LogP) is 7.18. The Bertz CT molecular complexity index is 611. The molecule has 1 heteroatoms. The Morgan fingerprint density at radius 3 is 1.91 bits per heavy atom. The largest absolute Gasteiger partial charge is 0.0605 e. The molecule has 0 heterocycles. The van der Waals surface area contributed by atoms with E-state index < -0.39 is 0 Å². The summed E-state index contributed by atoms with van der Waals surface area (Å²) in [5.74, 6) is 0. The van der Waals surface area contributed by atoms with Crippen LogP contribution in [-0.4, -0.2) is 0 Å². The van der Waals surface area contributed by atoms with Crippen molar-refractivity contribution in [2.75, 3.05) is 0 Å². The molecule has 1 aliphatic rings. The Labute approximate surface area is 144 Å². The Morgan fingerprint density at radius 1 is 0.909 bits per heavy atom. The lowest BCUT2D eigenvalue weighted by Gasteiger charge is -2.33. The maximum absolute atomic E-state index is 3.55. The average Bonchev–Trinajstić information content (AvgIpc) is 2.36. The standard InChI is InChI=1S/C21H27Br/c1-20(2,3)17-11-16(12-18(14-17)21(4,5)6)10-15-8-7-9-19(22)13-15/h7-13H,14H2,1-6H3. The summed E-state index contributed by atoms with van der Waals surface area (Å²) in [4.78, 5) is 0. The van der Waals surface area contributed by atoms with Crippen LogP contribution in [-0.2, 0) is 0 Å². The number of allylic oxidation sites excluding steroid dienone is 5. The molecule has 0 saturated heterocycles. The average molecular weight is 359 g/mol. The zero-order chi connectivity index (χ0) is 16.5. The molecule has 0 bridgehead atoms. The van der Waals surface area contributed by atoms with Crippen molar-refractivity contribution in [2.24, 2.45) is 10.8 Å². The fourth-order valence-corrected chi connectivity index (χ4v) is 3.00. The van der Waals surface area contributed by atoms with Gasteiger partial charge in [-0.2, -0.15) is 0 Å². The fraction of sp³-hybridized carbons (Fsp3) is 0.429. The molecule has 0 aromatic heterocycles. The van der Waals surface area contributed by atoms with Crippen molar-refractivity contribution >= 4 is 22.0 Å². The summed E-state index contributed by atoms with van der Waals surface area (Å²) in [6.45, 7) is 13.8. The van der Waals surface area contributed by atoms with Crippen LogP contribution in [0.15, 0.2) is 57.6 Å². The molecule has 0 unspecified atom stereocenters. The maximum atomic E-state index is 3.55. The summed E-state index contributed by atoms with van der Waals surface area (Å²) in [6, 6.07) is 8.47. The highest BCUT2D eigenvalue weighted by atomic mass is 79.9. The third kappa shape index (κ3) is 4.46. The summed E-state index contributed by atoms with van der Waals surface area (Å²) in [7, 11) is 0. The second kappa shape index (κ2) is 6.20. The van der Waals surface area contributed by atoms with Gasteiger partial charge in [0.15, 0.2) is 0 Å². The van der Waals surface area contributed by atoms with Gasteiger partial charge in [0.25, 0.3) is 0 Å². The van der Waals surface area contributed by atoms with Crippen LogP contribution in [0.2, 0.25) is 0 Å². The van der Waals surface area contributed by atoms with Crippen molar-refractivity contribution in [3.05, 3.63) is 63.2 Å². The van der Waals surface area contributed by atoms with Crippen molar-refractivity contribution in [2.45, 2.75) is 48.0 Å². The summed E-state index contributed by atoms with van der Waals surface area (Å²) in [5.41, 5.74) is 5.99. The van der Waals surface area contributed by atoms with Gasteiger partial charge in [-0.15, -0.1) is 0 Å². The van der Waals surface area contributed by atoms with Crippen molar-refractivity contribution in [3.8, 4) is 0 Å². The molecule has 1 aliphatic carbocycles. The Morgan fingerprint density at radius 2 is 1.45 bits per heavy atom. The molecule has 0 N–H and O–H groups in total. The van der Waals surface area contributed by atoms with Crippen LogP contribution in [0.5, 0.6) is 0 Å². The van der Waals surface area contributed by atoms with Crippen LogP contribution in [0.4, 0.5) is 0 Å². The molecule has 1 aromatic rings. The molecule has 0 amide bonds. The van der Waals surface area contributed by atoms with E-state index in [9.17, 15) is 0 Å². The van der Waals surface area contributed by atoms with E-state index in [-0.39, 0.29) is 10.8 Å². The van der Waals surface area contributed by atoms with Gasteiger partial charge in [0.2, 0.25) is 0 Å². The lowest BCUT2D eigenvalue weighted by atomic mass is 9.72. The minimum atomic E-state index is 0.209. The van der Waals surface area contributed by atoms with Crippen molar-refractivity contribution in [1.82, 2.24) is 0 Å². The second-order valence-electron chi connectivity index (χ2n) is 8.22. The molecule has 0 nitrogen and oxygen atoms in total. The van der Waals surface area contributed by atoms with Gasteiger partial charge in [-0.1, -0.05) is 92.9 Å². The van der Waals surface area contributed by atoms with E-state index in [1.807, 2.05) is 0 Å². The number of hydrogen-bond acceptors (Lipinski definition) is 0. The van der Waals surface area contributed by atoms with Gasteiger partial charge in [-0.3, -0.25) is 0 Å². The van der Waals surface area contributed by atoms with Crippen LogP contribution >= 0.6 is 15.9 Å². The van der Waals surface area contributed by atoms with E-state index in [2.05, 4.69) is 100.0 Å². The Hall–Kier alpha value is -1.08. The zero-order valence-electron chi connectivity index (χ0n) is 14.6. The first-order chi connectivity index (χ1) is 10.1. The predicted molar refractivity (Wildman–Crippen MR) is 102 cm³/mol. The van der Waals surface area contributed by atoms with Crippen molar-refractivity contribution in [3.63, 3.8) is 0 Å². The van der Waals surface area contributed by atoms with Gasteiger partial charge >= 0.3 is 0 Å². The molecule has 0 atom stereocenters. The normalized spacial score (nSPS) is 16.2. The van der Waals surface area contributed by atoms with Gasteiger partial charge in [0, 0.05) is 4.47 Å². The molecule has 0 spiro atoms. The van der Waals surface area contributed by atoms with Gasteiger partial charge in [-0.05, 0) is 46.6 Å². The lowest BCUT2D eigenvalue weighted by Crippen LogP contribution is -2.18. The molecule has 0 radical (unpaired) electrons. The number of halogens is 1. The van der Waals surface area contributed by atoms with Crippen LogP contribution < -0.4 is 0 Å². The third-order valence-corrected chi connectivity index (χ3v) is 4.66. The van der Waals surface area contributed by atoms with E-state index in [0.29, 0.717) is 0 Å². The first-order valence-electron chi connectivity index (χ1n) is 7.95. The van der Waals surface area contributed by atoms with E-state index in [4.69, 9.17) is 0 Å². The minimum Gasteiger partial charge on any atom is -0.0605 e. The van der Waals surface area contributed by atoms with E-state index in [0.717, 1.165) is 10.9 Å². The molecular weight excluding hydrogens is 332 g/mol. The maximum Gasteiger partial charge on any atom is 0.0181 e. The molecule has 0 fully saturated rings. The molecule has 0 saturated carbocycles. The highest BCUT2D eigenvalue weighted by Crippen LogP contribution is 2.41. The molecule has 0 aliphatic heterocycles. The molecular formula is C21H27Br. The quantitative estimate of drug-likeness (QED) is 0.498. The zero-order valence-corrected chi connectivity index (χ0v) is 16.2. The van der Waals surface area contributed by atoms with Crippen LogP contribution in [0.3, 0.4) is 0 Å². The van der Waals surface area contributed by atoms with E-state index >= 15 is 0 Å². The number of hydrogen-bond donors (Lipinski definition) is 0. The SMILES string of the molecule is CC(C)(C)C1=CC(=Cc2cccc(Br)c2)C=C(C(C)(C)C)C1. The minimum absolute atomic E-state index is 0.209. The van der Waals surface area contributed by atoms with Crippen molar-refractivity contribution in [1.29, 1.82) is 0 Å². The second-order valence-corrected chi connectivity index (χ2v) is 9.13. The molecule has 1 aromatic carbocycles. The van der Waals surface area contributed by atoms with Crippen molar-refractivity contribution < 1.29 is 0 Å². The van der Waals surface area contributed by atoms with Crippen LogP contribution in [0.25, 0.3) is 6.08 Å². The summed E-state index contributed by atoms with van der Waals surface area (Å²) in [6.07, 6.45) is 8.11. The van der Waals surface area contributed by atoms with E-state index in [1.54, 1.807) is 0 Å². The summed E-state index contributed by atoms with van der Waals surface area (Å²) < 4.78 is 1.12. The molecule has 22 heavy (non-hydrogen) atoms. The summed E-state index contributed by atoms with van der Waals surface area (Å²) in [5, 5.41) is 0. The fourth-order valence-electron chi connectivity index (χ4n) is 2.59. The van der Waals surface area contributed by atoms with Gasteiger partial charge < -0.3 is 0 Å². The first-order valence-corrected chi connectivity index (χ1v) is 8.74. The Kier molecular flexibility index (Phi) is 4.87. The van der Waals surface area contributed by atoms with Crippen LogP contribution in [0.1, 0.15) is 53.5 Å². The topological polar surface area (TPSA) is 0 Å². The van der Waals surface area contributed by atoms with Crippen LogP contribution in [0, 0.1) is 10.8 Å². The smallest absolute Gasteiger partial charge is 0.0181 e. The van der Waals surface area contributed by atoms with E-state index in [1.165, 1.54) is 22.3 Å². The Balaban J connectivity index is 2.48. The van der Waals surface area contributed by atoms with Gasteiger partial charge in [-0.25, -0.2) is 0 Å². The summed E-state index contributed by atoms with van der Waals surface area (Å²) >= 11 is 3.55. The molecule has 118 valence electrons. The number of rotatable bonds is 1. The molecule has 2 rings (SSSR count). The highest BCUT2D eigenvalue weighted by molar-refractivity contribution is 9.10.